The first kappa shape index (κ1) is 13.0. The Hall–Kier alpha value is -0.0365. The van der Waals surface area contributed by atoms with Crippen LogP contribution in [-0.2, 0) is 26.0 Å². The molecule has 1 rings (SSSR count). The number of rotatable bonds is 3. The van der Waals surface area contributed by atoms with Gasteiger partial charge in [0.25, 0.3) is 0 Å². The van der Waals surface area contributed by atoms with Crippen LogP contribution >= 0.6 is 0 Å². The van der Waals surface area contributed by atoms with E-state index in [1.165, 1.54) is 19.3 Å². The van der Waals surface area contributed by atoms with Gasteiger partial charge in [0, 0.05) is 6.42 Å². The second-order valence-electron chi connectivity index (χ2n) is 3.50. The summed E-state index contributed by atoms with van der Waals surface area (Å²) in [6.07, 6.45) is 7.63. The first-order valence-electron chi connectivity index (χ1n) is 5.02. The third-order valence-corrected chi connectivity index (χ3v) is 2.30. The quantitative estimate of drug-likeness (QED) is 0.549. The summed E-state index contributed by atoms with van der Waals surface area (Å²) in [6, 6.07) is 0. The fraction of sp³-hybridized carbons (Fsp3) is 0.900. The van der Waals surface area contributed by atoms with E-state index in [-0.39, 0.29) is 28.6 Å². The van der Waals surface area contributed by atoms with Crippen LogP contribution < -0.4 is 0 Å². The molecule has 0 saturated heterocycles. The van der Waals surface area contributed by atoms with Crippen molar-refractivity contribution in [1.82, 2.24) is 0 Å². The maximum atomic E-state index is 11.1. The molecule has 1 aliphatic rings. The molecule has 0 aromatic carbocycles. The number of carbonyl (C=O) groups excluding carboxylic acids is 1. The van der Waals surface area contributed by atoms with Gasteiger partial charge in [-0.25, -0.2) is 0 Å². The summed E-state index contributed by atoms with van der Waals surface area (Å²) < 4.78 is 5.29. The van der Waals surface area contributed by atoms with Gasteiger partial charge in [-0.2, -0.15) is 0 Å². The summed E-state index contributed by atoms with van der Waals surface area (Å²) in [6.45, 7) is 2.00. The topological polar surface area (TPSA) is 26.3 Å². The zero-order valence-electron chi connectivity index (χ0n) is 8.16. The van der Waals surface area contributed by atoms with Crippen LogP contribution in [0.4, 0.5) is 0 Å². The predicted octanol–water partition coefficient (Wildman–Crippen LogP) is 2.66. The molecule has 0 unspecified atom stereocenters. The molecule has 78 valence electrons. The number of hydrogen-bond donors (Lipinski definition) is 0. The summed E-state index contributed by atoms with van der Waals surface area (Å²) >= 11 is 0. The maximum Gasteiger partial charge on any atom is 2.00 e. The van der Waals surface area contributed by atoms with E-state index in [4.69, 9.17) is 4.74 Å². The van der Waals surface area contributed by atoms with Crippen LogP contribution in [0.15, 0.2) is 0 Å². The Kier molecular flexibility index (Phi) is 7.35. The van der Waals surface area contributed by atoms with Crippen molar-refractivity contribution in [2.75, 3.05) is 0 Å². The summed E-state index contributed by atoms with van der Waals surface area (Å²) in [5, 5.41) is 0. The average Bonchev–Trinajstić information content (AvgIpc) is 2.06. The fourth-order valence-corrected chi connectivity index (χ4v) is 1.63. The van der Waals surface area contributed by atoms with E-state index in [1.807, 2.05) is 6.92 Å². The van der Waals surface area contributed by atoms with Gasteiger partial charge in [-0.15, -0.1) is 0 Å². The number of hydrogen-bond acceptors (Lipinski definition) is 2. The second kappa shape index (κ2) is 7.38. The Morgan fingerprint density at radius 2 is 1.92 bits per heavy atom. The molecule has 13 heavy (non-hydrogen) atoms. The smallest absolute Gasteiger partial charge is 0.462 e. The van der Waals surface area contributed by atoms with Crippen molar-refractivity contribution >= 4 is 5.97 Å². The van der Waals surface area contributed by atoms with Gasteiger partial charge in [0.1, 0.15) is 6.10 Å². The Balaban J connectivity index is 0.00000144. The Bertz CT molecular complexity index is 142. The summed E-state index contributed by atoms with van der Waals surface area (Å²) in [7, 11) is 0. The minimum Gasteiger partial charge on any atom is -0.462 e. The van der Waals surface area contributed by atoms with E-state index < -0.39 is 0 Å². The monoisotopic (exact) mass is 228 g/mol. The zero-order valence-corrected chi connectivity index (χ0v) is 9.15. The van der Waals surface area contributed by atoms with Crippen LogP contribution in [0.5, 0.6) is 0 Å². The second-order valence-corrected chi connectivity index (χ2v) is 3.50. The molecule has 0 aromatic heterocycles. The standard InChI is InChI=1S/C10H18O2.Ni/c1-2-6-10(11)12-9-7-4-3-5-8-9;/h9H,2-8H2,1H3;/q;+2. The van der Waals surface area contributed by atoms with E-state index in [1.54, 1.807) is 0 Å². The Morgan fingerprint density at radius 1 is 1.31 bits per heavy atom. The van der Waals surface area contributed by atoms with Gasteiger partial charge in [0.05, 0.1) is 0 Å². The van der Waals surface area contributed by atoms with E-state index in [9.17, 15) is 4.79 Å². The van der Waals surface area contributed by atoms with Crippen LogP contribution in [0.25, 0.3) is 0 Å². The largest absolute Gasteiger partial charge is 2.00 e. The third-order valence-electron chi connectivity index (χ3n) is 2.30. The minimum absolute atomic E-state index is 0. The van der Waals surface area contributed by atoms with Gasteiger partial charge in [-0.05, 0) is 32.1 Å². The van der Waals surface area contributed by atoms with Crippen molar-refractivity contribution in [2.24, 2.45) is 0 Å². The molecule has 0 amide bonds. The number of esters is 1. The molecule has 1 saturated carbocycles. The van der Waals surface area contributed by atoms with E-state index in [0.717, 1.165) is 19.3 Å². The van der Waals surface area contributed by atoms with Gasteiger partial charge in [0.2, 0.25) is 0 Å². The zero-order chi connectivity index (χ0) is 8.81. The maximum absolute atomic E-state index is 11.1. The molecule has 0 aromatic rings. The summed E-state index contributed by atoms with van der Waals surface area (Å²) in [5.74, 6) is -0.00981. The van der Waals surface area contributed by atoms with Crippen molar-refractivity contribution in [2.45, 2.75) is 58.0 Å². The SMILES string of the molecule is CCCC(=O)OC1CCCCC1.[Ni+2]. The molecule has 3 heteroatoms. The van der Waals surface area contributed by atoms with Crippen molar-refractivity contribution in [3.63, 3.8) is 0 Å². The summed E-state index contributed by atoms with van der Waals surface area (Å²) in [4.78, 5) is 11.1. The van der Waals surface area contributed by atoms with Crippen LogP contribution in [0.2, 0.25) is 0 Å². The van der Waals surface area contributed by atoms with E-state index in [0.29, 0.717) is 6.42 Å². The van der Waals surface area contributed by atoms with Crippen molar-refractivity contribution in [1.29, 1.82) is 0 Å². The predicted molar refractivity (Wildman–Crippen MR) is 47.9 cm³/mol. The summed E-state index contributed by atoms with van der Waals surface area (Å²) in [5.41, 5.74) is 0. The van der Waals surface area contributed by atoms with Gasteiger partial charge < -0.3 is 4.74 Å². The molecule has 1 fully saturated rings. The van der Waals surface area contributed by atoms with Crippen molar-refractivity contribution in [3.05, 3.63) is 0 Å². The average molecular weight is 229 g/mol. The molecule has 0 spiro atoms. The van der Waals surface area contributed by atoms with Gasteiger partial charge in [-0.3, -0.25) is 4.79 Å². The molecule has 0 N–H and O–H groups in total. The Labute approximate surface area is 90.3 Å². The molecular formula is C10H18NiO2+2. The van der Waals surface area contributed by atoms with E-state index in [2.05, 4.69) is 0 Å². The van der Waals surface area contributed by atoms with Gasteiger partial charge in [-0.1, -0.05) is 13.3 Å². The van der Waals surface area contributed by atoms with Crippen molar-refractivity contribution < 1.29 is 26.0 Å². The molecular weight excluding hydrogens is 211 g/mol. The van der Waals surface area contributed by atoms with Crippen LogP contribution in [0.3, 0.4) is 0 Å². The van der Waals surface area contributed by atoms with Crippen molar-refractivity contribution in [3.8, 4) is 0 Å². The molecule has 0 atom stereocenters. The first-order valence-corrected chi connectivity index (χ1v) is 5.02. The molecule has 0 bridgehead atoms. The number of ether oxygens (including phenoxy) is 1. The normalized spacial score (nSPS) is 17.6. The Morgan fingerprint density at radius 3 is 2.46 bits per heavy atom. The molecule has 1 aliphatic carbocycles. The van der Waals surface area contributed by atoms with Gasteiger partial charge >= 0.3 is 22.5 Å². The molecule has 0 heterocycles. The minimum atomic E-state index is -0.00981. The van der Waals surface area contributed by atoms with Crippen LogP contribution in [0, 0.1) is 0 Å². The van der Waals surface area contributed by atoms with E-state index >= 15 is 0 Å². The molecule has 2 nitrogen and oxygen atoms in total. The number of carbonyl (C=O) groups is 1. The third kappa shape index (κ3) is 5.30. The molecule has 0 radical (unpaired) electrons. The van der Waals surface area contributed by atoms with Crippen LogP contribution in [-0.4, -0.2) is 12.1 Å². The van der Waals surface area contributed by atoms with Gasteiger partial charge in [0.15, 0.2) is 0 Å². The molecule has 0 aliphatic heterocycles. The fourth-order valence-electron chi connectivity index (χ4n) is 1.63. The van der Waals surface area contributed by atoms with Crippen LogP contribution in [0.1, 0.15) is 51.9 Å². The first-order chi connectivity index (χ1) is 5.83.